The van der Waals surface area contributed by atoms with Gasteiger partial charge in [0.05, 0.1) is 6.04 Å². The van der Waals surface area contributed by atoms with Gasteiger partial charge in [0.1, 0.15) is 11.6 Å². The number of anilines is 2. The fourth-order valence-corrected chi connectivity index (χ4v) is 3.48. The van der Waals surface area contributed by atoms with Gasteiger partial charge >= 0.3 is 6.18 Å². The molecule has 2 heterocycles. The average molecular weight is 416 g/mol. The standard InChI is InChI=1S/C21H19F3N4O2/c1-12-5-7-13(8-6-12)16-10-18(21(22,23)24)28-19(26-16)11-17(27-28)20(30)25-14-3-2-4-15(29)9-14/h2-9,11,16,18,26,29H,10H2,1H3,(H,25,30). The Bertz CT molecular complexity index is 1080. The smallest absolute Gasteiger partial charge is 0.410 e. The van der Waals surface area contributed by atoms with E-state index in [0.29, 0.717) is 5.69 Å². The van der Waals surface area contributed by atoms with Gasteiger partial charge in [-0.1, -0.05) is 35.9 Å². The van der Waals surface area contributed by atoms with E-state index in [2.05, 4.69) is 15.7 Å². The monoisotopic (exact) mass is 416 g/mol. The molecule has 1 aromatic heterocycles. The van der Waals surface area contributed by atoms with Gasteiger partial charge in [0, 0.05) is 24.2 Å². The van der Waals surface area contributed by atoms with Gasteiger partial charge in [-0.3, -0.25) is 4.79 Å². The molecular formula is C21H19F3N4O2. The van der Waals surface area contributed by atoms with Gasteiger partial charge in [-0.05, 0) is 24.6 Å². The number of halogens is 3. The molecule has 2 aromatic carbocycles. The summed E-state index contributed by atoms with van der Waals surface area (Å²) in [5.41, 5.74) is 1.90. The highest BCUT2D eigenvalue weighted by Gasteiger charge is 2.46. The third-order valence-electron chi connectivity index (χ3n) is 5.01. The molecule has 30 heavy (non-hydrogen) atoms. The Balaban J connectivity index is 1.64. The lowest BCUT2D eigenvalue weighted by Gasteiger charge is -2.33. The van der Waals surface area contributed by atoms with Crippen LogP contribution in [0.2, 0.25) is 0 Å². The van der Waals surface area contributed by atoms with E-state index < -0.39 is 24.2 Å². The lowest BCUT2D eigenvalue weighted by Crippen LogP contribution is -2.35. The zero-order valence-electron chi connectivity index (χ0n) is 15.9. The van der Waals surface area contributed by atoms with Crippen molar-refractivity contribution in [3.8, 4) is 5.75 Å². The maximum Gasteiger partial charge on any atom is 0.410 e. The number of hydrogen-bond acceptors (Lipinski definition) is 4. The van der Waals surface area contributed by atoms with Gasteiger partial charge < -0.3 is 15.7 Å². The highest BCUT2D eigenvalue weighted by Crippen LogP contribution is 2.43. The number of phenolic OH excluding ortho intramolecular Hbond substituents is 1. The molecule has 2 atom stereocenters. The van der Waals surface area contributed by atoms with Crippen molar-refractivity contribution >= 4 is 17.4 Å². The SMILES string of the molecule is Cc1ccc(C2CC(C(F)(F)F)n3nc(C(=O)Nc4cccc(O)c4)cc3N2)cc1. The summed E-state index contributed by atoms with van der Waals surface area (Å²) in [6.07, 6.45) is -4.76. The van der Waals surface area contributed by atoms with Crippen molar-refractivity contribution in [1.82, 2.24) is 9.78 Å². The van der Waals surface area contributed by atoms with Crippen molar-refractivity contribution in [2.75, 3.05) is 10.6 Å². The van der Waals surface area contributed by atoms with E-state index in [-0.39, 0.29) is 23.7 Å². The lowest BCUT2D eigenvalue weighted by molar-refractivity contribution is -0.173. The molecule has 1 aliphatic rings. The number of nitrogens with zero attached hydrogens (tertiary/aromatic N) is 2. The van der Waals surface area contributed by atoms with Gasteiger partial charge in [0.25, 0.3) is 5.91 Å². The summed E-state index contributed by atoms with van der Waals surface area (Å²) >= 11 is 0. The number of hydrogen-bond donors (Lipinski definition) is 3. The first kappa shape index (κ1) is 19.8. The minimum Gasteiger partial charge on any atom is -0.508 e. The maximum atomic E-state index is 13.8. The quantitative estimate of drug-likeness (QED) is 0.573. The first-order valence-corrected chi connectivity index (χ1v) is 9.30. The number of aryl methyl sites for hydroxylation is 1. The largest absolute Gasteiger partial charge is 0.508 e. The molecule has 0 fully saturated rings. The molecule has 3 N–H and O–H groups in total. The summed E-state index contributed by atoms with van der Waals surface area (Å²) in [6, 6.07) is 12.0. The van der Waals surface area contributed by atoms with Crippen molar-refractivity contribution in [3.63, 3.8) is 0 Å². The molecule has 2 unspecified atom stereocenters. The molecule has 1 aliphatic heterocycles. The molecule has 0 radical (unpaired) electrons. The van der Waals surface area contributed by atoms with Crippen LogP contribution in [0, 0.1) is 6.92 Å². The first-order chi connectivity index (χ1) is 14.2. The Morgan fingerprint density at radius 1 is 1.20 bits per heavy atom. The number of phenols is 1. The predicted molar refractivity (Wildman–Crippen MR) is 106 cm³/mol. The number of amides is 1. The normalized spacial score (nSPS) is 18.4. The number of carbonyl (C=O) groups is 1. The first-order valence-electron chi connectivity index (χ1n) is 9.30. The number of aromatic hydroxyl groups is 1. The van der Waals surface area contributed by atoms with E-state index in [4.69, 9.17) is 0 Å². The van der Waals surface area contributed by atoms with E-state index >= 15 is 0 Å². The number of aromatic nitrogens is 2. The molecule has 6 nitrogen and oxygen atoms in total. The van der Waals surface area contributed by atoms with Crippen LogP contribution >= 0.6 is 0 Å². The van der Waals surface area contributed by atoms with E-state index in [1.54, 1.807) is 18.2 Å². The van der Waals surface area contributed by atoms with Crippen LogP contribution in [0.5, 0.6) is 5.75 Å². The van der Waals surface area contributed by atoms with E-state index in [1.807, 2.05) is 19.1 Å². The van der Waals surface area contributed by atoms with Gasteiger partial charge in [0.2, 0.25) is 0 Å². The van der Waals surface area contributed by atoms with Crippen LogP contribution in [0.3, 0.4) is 0 Å². The zero-order chi connectivity index (χ0) is 21.5. The number of benzene rings is 2. The van der Waals surface area contributed by atoms with Crippen molar-refractivity contribution in [2.45, 2.75) is 31.6 Å². The fourth-order valence-electron chi connectivity index (χ4n) is 3.48. The minimum atomic E-state index is -4.52. The van der Waals surface area contributed by atoms with Crippen molar-refractivity contribution in [1.29, 1.82) is 0 Å². The topological polar surface area (TPSA) is 79.2 Å². The van der Waals surface area contributed by atoms with Crippen LogP contribution in [0.1, 0.15) is 40.1 Å². The summed E-state index contributed by atoms with van der Waals surface area (Å²) < 4.78 is 42.1. The second-order valence-electron chi connectivity index (χ2n) is 7.26. The summed E-state index contributed by atoms with van der Waals surface area (Å²) in [5.74, 6) is -0.594. The Labute approximate surface area is 170 Å². The lowest BCUT2D eigenvalue weighted by atomic mass is 9.96. The predicted octanol–water partition coefficient (Wildman–Crippen LogP) is 4.81. The molecule has 0 saturated heterocycles. The van der Waals surface area contributed by atoms with E-state index in [1.165, 1.54) is 24.3 Å². The third-order valence-corrected chi connectivity index (χ3v) is 5.01. The zero-order valence-corrected chi connectivity index (χ0v) is 15.9. The number of rotatable bonds is 3. The Kier molecular flexibility index (Phi) is 4.89. The molecule has 3 aromatic rings. The molecule has 1 amide bonds. The van der Waals surface area contributed by atoms with Crippen molar-refractivity contribution in [2.24, 2.45) is 0 Å². The molecule has 4 rings (SSSR count). The Morgan fingerprint density at radius 2 is 1.93 bits per heavy atom. The minimum absolute atomic E-state index is 0.0447. The second kappa shape index (κ2) is 7.40. The average Bonchev–Trinajstić information content (AvgIpc) is 3.11. The fraction of sp³-hybridized carbons (Fsp3) is 0.238. The third kappa shape index (κ3) is 3.96. The van der Waals surface area contributed by atoms with Crippen molar-refractivity contribution in [3.05, 3.63) is 71.4 Å². The Morgan fingerprint density at radius 3 is 2.60 bits per heavy atom. The summed E-state index contributed by atoms with van der Waals surface area (Å²) in [6.45, 7) is 1.91. The van der Waals surface area contributed by atoms with E-state index in [0.717, 1.165) is 15.8 Å². The molecule has 9 heteroatoms. The van der Waals surface area contributed by atoms with Gasteiger partial charge in [-0.2, -0.15) is 18.3 Å². The molecular weight excluding hydrogens is 397 g/mol. The highest BCUT2D eigenvalue weighted by molar-refractivity contribution is 6.03. The number of alkyl halides is 3. The van der Waals surface area contributed by atoms with Crippen LogP contribution in [0.25, 0.3) is 0 Å². The van der Waals surface area contributed by atoms with Crippen LogP contribution < -0.4 is 10.6 Å². The summed E-state index contributed by atoms with van der Waals surface area (Å²) in [4.78, 5) is 12.5. The Hall–Kier alpha value is -3.49. The summed E-state index contributed by atoms with van der Waals surface area (Å²) in [5, 5.41) is 19.0. The number of fused-ring (bicyclic) bond motifs is 1. The van der Waals surface area contributed by atoms with Crippen LogP contribution in [-0.4, -0.2) is 27.0 Å². The maximum absolute atomic E-state index is 13.8. The number of carbonyl (C=O) groups excluding carboxylic acids is 1. The molecule has 0 spiro atoms. The van der Waals surface area contributed by atoms with Crippen LogP contribution in [-0.2, 0) is 0 Å². The molecule has 0 saturated carbocycles. The highest BCUT2D eigenvalue weighted by atomic mass is 19.4. The molecule has 0 bridgehead atoms. The van der Waals surface area contributed by atoms with Gasteiger partial charge in [0.15, 0.2) is 11.7 Å². The van der Waals surface area contributed by atoms with E-state index in [9.17, 15) is 23.1 Å². The number of nitrogens with one attached hydrogen (secondary N) is 2. The molecule has 156 valence electrons. The summed E-state index contributed by atoms with van der Waals surface area (Å²) in [7, 11) is 0. The van der Waals surface area contributed by atoms with Crippen LogP contribution in [0.15, 0.2) is 54.6 Å². The van der Waals surface area contributed by atoms with Gasteiger partial charge in [-0.15, -0.1) is 0 Å². The second-order valence-corrected chi connectivity index (χ2v) is 7.26. The molecule has 0 aliphatic carbocycles. The van der Waals surface area contributed by atoms with Crippen LogP contribution in [0.4, 0.5) is 24.7 Å². The van der Waals surface area contributed by atoms with Crippen molar-refractivity contribution < 1.29 is 23.1 Å². The van der Waals surface area contributed by atoms with Gasteiger partial charge in [-0.25, -0.2) is 4.68 Å².